The Labute approximate surface area is 263 Å². The number of nitrogens with zero attached hydrogens (tertiary/aromatic N) is 2. The molecule has 0 aliphatic carbocycles. The number of carbonyl (C=O) groups is 2. The zero-order chi connectivity index (χ0) is 32.8. The summed E-state index contributed by atoms with van der Waals surface area (Å²) in [5, 5.41) is 9.54. The van der Waals surface area contributed by atoms with E-state index in [4.69, 9.17) is 15.2 Å². The summed E-state index contributed by atoms with van der Waals surface area (Å²) in [4.78, 5) is 27.9. The number of ether oxygens (including phenoxy) is 2. The Bertz CT molecular complexity index is 1750. The molecule has 1 amide bonds. The molecule has 1 atom stereocenters. The summed E-state index contributed by atoms with van der Waals surface area (Å²) >= 11 is 0. The van der Waals surface area contributed by atoms with Crippen molar-refractivity contribution in [3.05, 3.63) is 108 Å². The van der Waals surface area contributed by atoms with Crippen molar-refractivity contribution < 1.29 is 32.6 Å². The lowest BCUT2D eigenvalue weighted by Gasteiger charge is -2.31. The van der Waals surface area contributed by atoms with Gasteiger partial charge < -0.3 is 20.3 Å². The molecule has 3 aromatic carbocycles. The summed E-state index contributed by atoms with van der Waals surface area (Å²) < 4.78 is 39.5. The largest absolute Gasteiger partial charge is 0.494 e. The Morgan fingerprint density at radius 1 is 0.889 bits per heavy atom. The smallest absolute Gasteiger partial charge is 0.416 e. The number of rotatable bonds is 11. The van der Waals surface area contributed by atoms with Gasteiger partial charge >= 0.3 is 12.1 Å². The van der Waals surface area contributed by atoms with Gasteiger partial charge in [0.1, 0.15) is 23.7 Å². The number of pyridine rings is 1. The summed E-state index contributed by atoms with van der Waals surface area (Å²) in [5.41, 5.74) is 8.34. The van der Waals surface area contributed by atoms with Gasteiger partial charge in [-0.25, -0.2) is 18.2 Å². The van der Waals surface area contributed by atoms with Crippen LogP contribution in [0.2, 0.25) is 0 Å². The van der Waals surface area contributed by atoms with E-state index in [0.29, 0.717) is 12.2 Å². The van der Waals surface area contributed by atoms with Crippen LogP contribution in [0.15, 0.2) is 102 Å². The highest BCUT2D eigenvalue weighted by Gasteiger charge is 2.45. The van der Waals surface area contributed by atoms with Gasteiger partial charge in [0.2, 0.25) is 9.84 Å². The van der Waals surface area contributed by atoms with E-state index in [2.05, 4.69) is 4.98 Å². The molecule has 0 radical (unpaired) electrons. The predicted octanol–water partition coefficient (Wildman–Crippen LogP) is 5.80. The van der Waals surface area contributed by atoms with Gasteiger partial charge in [-0.15, -0.1) is 0 Å². The number of carboxylic acids is 1. The van der Waals surface area contributed by atoms with Crippen LogP contribution in [0.25, 0.3) is 11.1 Å². The zero-order valence-corrected chi connectivity index (χ0v) is 26.5. The van der Waals surface area contributed by atoms with Crippen molar-refractivity contribution in [2.75, 3.05) is 18.1 Å². The monoisotopic (exact) mass is 631 g/mol. The van der Waals surface area contributed by atoms with Gasteiger partial charge in [-0.05, 0) is 80.8 Å². The van der Waals surface area contributed by atoms with Gasteiger partial charge in [0.05, 0.1) is 17.2 Å². The quantitative estimate of drug-likeness (QED) is 0.209. The first-order valence-electron chi connectivity index (χ1n) is 14.3. The molecule has 0 saturated heterocycles. The molecule has 45 heavy (non-hydrogen) atoms. The molecule has 0 fully saturated rings. The molecule has 10 nitrogen and oxygen atoms in total. The lowest BCUT2D eigenvalue weighted by molar-refractivity contribution is -0.135. The van der Waals surface area contributed by atoms with Crippen LogP contribution >= 0.6 is 0 Å². The van der Waals surface area contributed by atoms with Gasteiger partial charge in [-0.3, -0.25) is 9.69 Å². The maximum absolute atomic E-state index is 14.2. The molecule has 0 spiro atoms. The first-order valence-corrected chi connectivity index (χ1v) is 15.8. The number of benzene rings is 3. The maximum atomic E-state index is 14.2. The van der Waals surface area contributed by atoms with Crippen LogP contribution in [0.1, 0.15) is 39.0 Å². The van der Waals surface area contributed by atoms with Crippen molar-refractivity contribution in [1.29, 1.82) is 0 Å². The fourth-order valence-electron chi connectivity index (χ4n) is 4.68. The Balaban J connectivity index is 1.79. The lowest BCUT2D eigenvalue weighted by Crippen LogP contribution is -2.48. The number of carbonyl (C=O) groups excluding carboxylic acids is 1. The van der Waals surface area contributed by atoms with Crippen LogP contribution in [0.5, 0.6) is 5.75 Å². The minimum atomic E-state index is -4.29. The van der Waals surface area contributed by atoms with Crippen LogP contribution in [0, 0.1) is 0 Å². The summed E-state index contributed by atoms with van der Waals surface area (Å²) in [6, 6.07) is 27.1. The molecule has 0 saturated carbocycles. The second-order valence-electron chi connectivity index (χ2n) is 11.4. The summed E-state index contributed by atoms with van der Waals surface area (Å²) in [5.74, 6) is -0.689. The van der Waals surface area contributed by atoms with Crippen molar-refractivity contribution in [3.63, 3.8) is 0 Å². The molecule has 0 aliphatic heterocycles. The Kier molecular flexibility index (Phi) is 9.94. The van der Waals surface area contributed by atoms with Crippen molar-refractivity contribution in [3.8, 4) is 16.9 Å². The zero-order valence-electron chi connectivity index (χ0n) is 25.6. The lowest BCUT2D eigenvalue weighted by atomic mass is 9.99. The van der Waals surface area contributed by atoms with Gasteiger partial charge in [-0.1, -0.05) is 60.7 Å². The highest BCUT2D eigenvalue weighted by molar-refractivity contribution is 7.92. The molecule has 3 N–H and O–H groups in total. The molecule has 4 aromatic rings. The van der Waals surface area contributed by atoms with E-state index in [1.807, 2.05) is 43.3 Å². The fraction of sp³-hybridized carbons (Fsp3) is 0.265. The SMILES string of the molecule is CCOc1cccc(-c2ccc(CC(N)(c3cccc(N(CC(=O)O)C(=O)OC(C)(C)C)n3)S(=O)(=O)c3ccccc3)cc2)c1. The van der Waals surface area contributed by atoms with Crippen molar-refractivity contribution in [1.82, 2.24) is 4.98 Å². The topological polar surface area (TPSA) is 149 Å². The summed E-state index contributed by atoms with van der Waals surface area (Å²) in [6.07, 6.45) is -1.13. The average Bonchev–Trinajstić information content (AvgIpc) is 3.00. The first kappa shape index (κ1) is 33.2. The third kappa shape index (κ3) is 7.86. The molecular formula is C34H37N3O7S. The Hall–Kier alpha value is -4.74. The molecule has 0 aliphatic rings. The number of sulfone groups is 1. The van der Waals surface area contributed by atoms with Crippen LogP contribution < -0.4 is 15.4 Å². The number of anilines is 1. The van der Waals surface area contributed by atoms with E-state index in [0.717, 1.165) is 21.8 Å². The van der Waals surface area contributed by atoms with Crippen molar-refractivity contribution >= 4 is 27.7 Å². The maximum Gasteiger partial charge on any atom is 0.416 e. The van der Waals surface area contributed by atoms with Gasteiger partial charge in [0.25, 0.3) is 0 Å². The highest BCUT2D eigenvalue weighted by atomic mass is 32.2. The normalized spacial score (nSPS) is 13.0. The number of nitrogens with two attached hydrogens (primary N) is 1. The molecule has 1 unspecified atom stereocenters. The van der Waals surface area contributed by atoms with E-state index in [-0.39, 0.29) is 22.8 Å². The van der Waals surface area contributed by atoms with Crippen LogP contribution in [-0.4, -0.2) is 49.3 Å². The minimum absolute atomic E-state index is 0.0152. The Morgan fingerprint density at radius 3 is 2.18 bits per heavy atom. The first-order chi connectivity index (χ1) is 21.2. The third-order valence-electron chi connectivity index (χ3n) is 6.78. The number of aliphatic carboxylic acids is 1. The van der Waals surface area contributed by atoms with Crippen LogP contribution in [-0.2, 0) is 30.7 Å². The standard InChI is InChI=1S/C34H37N3O7S/c1-5-43-27-12-9-11-26(21-27)25-19-17-24(18-20-25)22-34(35,45(41,42)28-13-7-6-8-14-28)29-15-10-16-30(36-29)37(23-31(38)39)32(40)44-33(2,3)4/h6-21H,5,22-23,35H2,1-4H3,(H,38,39). The molecular weight excluding hydrogens is 594 g/mol. The number of carboxylic acid groups (broad SMARTS) is 1. The van der Waals surface area contributed by atoms with Crippen LogP contribution in [0.4, 0.5) is 10.6 Å². The number of hydrogen-bond donors (Lipinski definition) is 2. The van der Waals surface area contributed by atoms with E-state index < -0.39 is 38.9 Å². The van der Waals surface area contributed by atoms with E-state index in [9.17, 15) is 23.1 Å². The van der Waals surface area contributed by atoms with E-state index in [1.54, 1.807) is 51.1 Å². The van der Waals surface area contributed by atoms with E-state index >= 15 is 0 Å². The number of hydrogen-bond acceptors (Lipinski definition) is 8. The molecule has 0 bridgehead atoms. The van der Waals surface area contributed by atoms with E-state index in [1.165, 1.54) is 30.3 Å². The molecule has 4 rings (SSSR count). The third-order valence-corrected chi connectivity index (χ3v) is 8.99. The second-order valence-corrected chi connectivity index (χ2v) is 13.6. The summed E-state index contributed by atoms with van der Waals surface area (Å²) in [6.45, 7) is 6.62. The minimum Gasteiger partial charge on any atom is -0.494 e. The van der Waals surface area contributed by atoms with Crippen molar-refractivity contribution in [2.45, 2.75) is 49.5 Å². The highest BCUT2D eigenvalue weighted by Crippen LogP contribution is 2.35. The molecule has 11 heteroatoms. The molecule has 1 aromatic heterocycles. The molecule has 236 valence electrons. The van der Waals surface area contributed by atoms with Crippen molar-refractivity contribution in [2.24, 2.45) is 5.73 Å². The number of aromatic nitrogens is 1. The number of amides is 1. The fourth-order valence-corrected chi connectivity index (χ4v) is 6.37. The Morgan fingerprint density at radius 2 is 1.56 bits per heavy atom. The summed E-state index contributed by atoms with van der Waals surface area (Å²) in [7, 11) is -4.29. The van der Waals surface area contributed by atoms with Crippen LogP contribution in [0.3, 0.4) is 0 Å². The van der Waals surface area contributed by atoms with Gasteiger partial charge in [0.15, 0.2) is 4.87 Å². The predicted molar refractivity (Wildman–Crippen MR) is 172 cm³/mol. The van der Waals surface area contributed by atoms with Gasteiger partial charge in [-0.2, -0.15) is 0 Å². The second kappa shape index (κ2) is 13.5. The van der Waals surface area contributed by atoms with Gasteiger partial charge in [0, 0.05) is 6.42 Å². The average molecular weight is 632 g/mol. The molecule has 1 heterocycles.